The Hall–Kier alpha value is -2.34. The predicted molar refractivity (Wildman–Crippen MR) is 112 cm³/mol. The Labute approximate surface area is 165 Å². The first-order valence-electron chi connectivity index (χ1n) is 9.38. The van der Waals surface area contributed by atoms with Gasteiger partial charge in [0.05, 0.1) is 30.0 Å². The second-order valence-electron chi connectivity index (χ2n) is 6.11. The molecule has 0 bridgehead atoms. The van der Waals surface area contributed by atoms with Crippen molar-refractivity contribution in [1.82, 2.24) is 9.55 Å². The zero-order valence-corrected chi connectivity index (χ0v) is 17.3. The molecule has 0 saturated carbocycles. The Morgan fingerprint density at radius 1 is 1.04 bits per heavy atom. The predicted octanol–water partition coefficient (Wildman–Crippen LogP) is 4.91. The lowest BCUT2D eigenvalue weighted by atomic mass is 10.2. The molecule has 3 aromatic rings. The number of nitrogens with zero attached hydrogens (tertiary/aromatic N) is 2. The first-order chi connectivity index (χ1) is 13.5. The second-order valence-corrected chi connectivity index (χ2v) is 8.11. The zero-order chi connectivity index (χ0) is 20.1. The number of aromatic nitrogens is 2. The maximum absolute atomic E-state index is 12.7. The van der Waals surface area contributed by atoms with Crippen molar-refractivity contribution < 1.29 is 18.3 Å². The van der Waals surface area contributed by atoms with E-state index >= 15 is 0 Å². The van der Waals surface area contributed by atoms with Crippen LogP contribution in [0.25, 0.3) is 22.4 Å². The molecule has 0 radical (unpaired) electrons. The van der Waals surface area contributed by atoms with Crippen LogP contribution in [-0.4, -0.2) is 29.1 Å². The van der Waals surface area contributed by atoms with Crippen molar-refractivity contribution in [3.63, 3.8) is 0 Å². The van der Waals surface area contributed by atoms with Crippen molar-refractivity contribution in [3.05, 3.63) is 42.5 Å². The lowest BCUT2D eigenvalue weighted by Crippen LogP contribution is -2.07. The van der Waals surface area contributed by atoms with Crippen LogP contribution in [0, 0.1) is 0 Å². The van der Waals surface area contributed by atoms with Crippen molar-refractivity contribution in [3.8, 4) is 17.1 Å². The summed E-state index contributed by atoms with van der Waals surface area (Å²) in [5, 5.41) is 0. The number of rotatable bonds is 9. The number of nitrogen functional groups attached to an aromatic ring is 1. The Bertz CT molecular complexity index is 992. The summed E-state index contributed by atoms with van der Waals surface area (Å²) in [6.45, 7) is 6.89. The van der Waals surface area contributed by atoms with Crippen molar-refractivity contribution in [1.29, 1.82) is 0 Å². The Kier molecular flexibility index (Phi) is 6.39. The minimum atomic E-state index is -3.32. The van der Waals surface area contributed by atoms with Gasteiger partial charge < -0.3 is 24.1 Å². The lowest BCUT2D eigenvalue weighted by Gasteiger charge is -2.18. The van der Waals surface area contributed by atoms with Crippen LogP contribution in [0.3, 0.4) is 0 Å². The van der Waals surface area contributed by atoms with Crippen LogP contribution in [-0.2, 0) is 20.2 Å². The van der Waals surface area contributed by atoms with Gasteiger partial charge in [-0.25, -0.2) is 4.98 Å². The summed E-state index contributed by atoms with van der Waals surface area (Å²) in [4.78, 5) is 4.76. The highest BCUT2D eigenvalue weighted by molar-refractivity contribution is 7.53. The smallest absolute Gasteiger partial charge is 0.367 e. The van der Waals surface area contributed by atoms with Crippen molar-refractivity contribution in [2.24, 2.45) is 0 Å². The molecular weight excluding hydrogens is 377 g/mol. The monoisotopic (exact) mass is 403 g/mol. The molecule has 0 atom stereocenters. The van der Waals surface area contributed by atoms with Crippen LogP contribution in [0.15, 0.2) is 42.5 Å². The maximum atomic E-state index is 12.7. The summed E-state index contributed by atoms with van der Waals surface area (Å²) >= 11 is 0. The van der Waals surface area contributed by atoms with Gasteiger partial charge in [0.1, 0.15) is 17.1 Å². The number of ether oxygens (including phenoxy) is 1. The normalized spacial score (nSPS) is 11.8. The average molecular weight is 403 g/mol. The summed E-state index contributed by atoms with van der Waals surface area (Å²) in [6.07, 6.45) is -0.166. The van der Waals surface area contributed by atoms with Crippen molar-refractivity contribution >= 4 is 24.3 Å². The highest BCUT2D eigenvalue weighted by Crippen LogP contribution is 2.48. The molecule has 8 heteroatoms. The highest BCUT2D eigenvalue weighted by atomic mass is 31.2. The van der Waals surface area contributed by atoms with Crippen LogP contribution in [0.5, 0.6) is 5.75 Å². The molecule has 0 spiro atoms. The van der Waals surface area contributed by atoms with E-state index in [0.29, 0.717) is 11.4 Å². The first kappa shape index (κ1) is 20.4. The van der Waals surface area contributed by atoms with Crippen LogP contribution in [0.2, 0.25) is 0 Å². The Morgan fingerprint density at radius 3 is 2.43 bits per heavy atom. The van der Waals surface area contributed by atoms with Crippen molar-refractivity contribution in [2.45, 2.75) is 27.3 Å². The molecule has 7 nitrogen and oxygen atoms in total. The molecule has 0 saturated heterocycles. The van der Waals surface area contributed by atoms with Gasteiger partial charge in [0.15, 0.2) is 6.35 Å². The van der Waals surface area contributed by atoms with E-state index in [2.05, 4.69) is 11.5 Å². The summed E-state index contributed by atoms with van der Waals surface area (Å²) in [6, 6.07) is 13.3. The summed E-state index contributed by atoms with van der Waals surface area (Å²) in [7, 11) is -3.32. The van der Waals surface area contributed by atoms with E-state index in [4.69, 9.17) is 24.5 Å². The first-order valence-corrected chi connectivity index (χ1v) is 11.1. The minimum Gasteiger partial charge on any atom is -0.480 e. The number of hydrogen-bond acceptors (Lipinski definition) is 6. The average Bonchev–Trinajstić information content (AvgIpc) is 3.07. The molecule has 2 N–H and O–H groups in total. The SMILES string of the molecule is CCOP(=O)(COc1ccccc1-c1nc2c(N)cccc2n1CC)OCC. The number of fused-ring (bicyclic) bond motifs is 1. The number of para-hydroxylation sites is 2. The molecule has 150 valence electrons. The van der Waals surface area contributed by atoms with E-state index in [1.165, 1.54) is 0 Å². The molecule has 0 unspecified atom stereocenters. The van der Waals surface area contributed by atoms with Gasteiger partial charge in [0, 0.05) is 6.54 Å². The molecule has 2 aromatic carbocycles. The Morgan fingerprint density at radius 2 is 1.75 bits per heavy atom. The summed E-state index contributed by atoms with van der Waals surface area (Å²) in [5.74, 6) is 1.30. The largest absolute Gasteiger partial charge is 0.480 e. The molecule has 0 aliphatic heterocycles. The molecule has 1 heterocycles. The maximum Gasteiger partial charge on any atom is 0.367 e. The number of benzene rings is 2. The van der Waals surface area contributed by atoms with Gasteiger partial charge >= 0.3 is 7.60 Å². The van der Waals surface area contributed by atoms with Gasteiger partial charge in [-0.3, -0.25) is 4.57 Å². The van der Waals surface area contributed by atoms with E-state index in [1.807, 2.05) is 42.5 Å². The van der Waals surface area contributed by atoms with Gasteiger partial charge in [-0.2, -0.15) is 0 Å². The van der Waals surface area contributed by atoms with Crippen LogP contribution in [0.4, 0.5) is 5.69 Å². The van der Waals surface area contributed by atoms with Crippen molar-refractivity contribution in [2.75, 3.05) is 25.3 Å². The van der Waals surface area contributed by atoms with Crippen LogP contribution < -0.4 is 10.5 Å². The number of imidazole rings is 1. The third-order valence-electron chi connectivity index (χ3n) is 4.28. The number of anilines is 1. The standard InChI is InChI=1S/C20H26N3O4P/c1-4-23-17-12-9-11-16(21)19(17)22-20(23)15-10-7-8-13-18(15)25-14-28(24,26-5-2)27-6-3/h7-13H,4-6,14,21H2,1-3H3. The van der Waals surface area contributed by atoms with E-state index < -0.39 is 7.60 Å². The van der Waals surface area contributed by atoms with Crippen LogP contribution >= 0.6 is 7.60 Å². The van der Waals surface area contributed by atoms with Crippen LogP contribution in [0.1, 0.15) is 20.8 Å². The van der Waals surface area contributed by atoms with E-state index in [9.17, 15) is 4.57 Å². The fraction of sp³-hybridized carbons (Fsp3) is 0.350. The Balaban J connectivity index is 2.00. The number of aryl methyl sites for hydroxylation is 1. The third-order valence-corrected chi connectivity index (χ3v) is 6.03. The highest BCUT2D eigenvalue weighted by Gasteiger charge is 2.26. The summed E-state index contributed by atoms with van der Waals surface area (Å²) < 4.78 is 31.3. The number of hydrogen-bond donors (Lipinski definition) is 1. The molecule has 3 rings (SSSR count). The second kappa shape index (κ2) is 8.78. The quantitative estimate of drug-likeness (QED) is 0.403. The van der Waals surface area contributed by atoms with Gasteiger partial charge in [-0.15, -0.1) is 0 Å². The summed E-state index contributed by atoms with van der Waals surface area (Å²) in [5.41, 5.74) is 9.25. The third kappa shape index (κ3) is 4.07. The molecule has 0 aliphatic rings. The van der Waals surface area contributed by atoms with E-state index in [0.717, 1.165) is 29.0 Å². The molecule has 28 heavy (non-hydrogen) atoms. The van der Waals surface area contributed by atoms with E-state index in [-0.39, 0.29) is 19.6 Å². The number of nitrogens with two attached hydrogens (primary N) is 1. The lowest BCUT2D eigenvalue weighted by molar-refractivity contribution is 0.197. The van der Waals surface area contributed by atoms with Gasteiger partial charge in [-0.1, -0.05) is 18.2 Å². The van der Waals surface area contributed by atoms with Gasteiger partial charge in [-0.05, 0) is 45.0 Å². The molecule has 1 aromatic heterocycles. The van der Waals surface area contributed by atoms with E-state index in [1.54, 1.807) is 13.8 Å². The minimum absolute atomic E-state index is 0.166. The molecule has 0 aliphatic carbocycles. The topological polar surface area (TPSA) is 88.6 Å². The fourth-order valence-corrected chi connectivity index (χ4v) is 4.43. The molecular formula is C20H26N3O4P. The molecule has 0 fully saturated rings. The van der Waals surface area contributed by atoms with Gasteiger partial charge in [0.25, 0.3) is 0 Å². The fourth-order valence-electron chi connectivity index (χ4n) is 3.13. The molecule has 0 amide bonds. The van der Waals surface area contributed by atoms with Gasteiger partial charge in [0.2, 0.25) is 0 Å². The zero-order valence-electron chi connectivity index (χ0n) is 16.4.